The molecule has 0 aliphatic carbocycles. The normalized spacial score (nSPS) is 14.3. The number of amides is 1. The largest absolute Gasteiger partial charge is 0.493 e. The molecule has 2 aromatic heterocycles. The average Bonchev–Trinajstić information content (AvgIpc) is 3.33. The van der Waals surface area contributed by atoms with Crippen LogP contribution in [0, 0.1) is 0 Å². The number of anilines is 1. The maximum absolute atomic E-state index is 12.6. The molecule has 0 spiro atoms. The van der Waals surface area contributed by atoms with Crippen molar-refractivity contribution in [2.45, 2.75) is 6.54 Å². The van der Waals surface area contributed by atoms with Crippen molar-refractivity contribution in [2.75, 3.05) is 52.3 Å². The summed E-state index contributed by atoms with van der Waals surface area (Å²) in [5.41, 5.74) is 2.21. The number of carbonyl (C=O) groups excluding carboxylic acids is 1. The van der Waals surface area contributed by atoms with E-state index in [-0.39, 0.29) is 5.91 Å². The molecule has 4 rings (SSSR count). The van der Waals surface area contributed by atoms with Crippen molar-refractivity contribution in [3.05, 3.63) is 53.2 Å². The third kappa shape index (κ3) is 5.00. The molecule has 1 N–H and O–H groups in total. The summed E-state index contributed by atoms with van der Waals surface area (Å²) in [5, 5.41) is 5.43. The Morgan fingerprint density at radius 1 is 1.09 bits per heavy atom. The van der Waals surface area contributed by atoms with Crippen LogP contribution in [0.4, 0.5) is 5.82 Å². The molecule has 3 heterocycles. The Bertz CT molecular complexity index is 1060. The lowest BCUT2D eigenvalue weighted by molar-refractivity contribution is 0.0946. The van der Waals surface area contributed by atoms with Crippen LogP contribution in [-0.4, -0.2) is 68.2 Å². The zero-order valence-corrected chi connectivity index (χ0v) is 19.3. The van der Waals surface area contributed by atoms with E-state index in [0.717, 1.165) is 48.1 Å². The van der Waals surface area contributed by atoms with Gasteiger partial charge in [-0.25, -0.2) is 9.97 Å². The van der Waals surface area contributed by atoms with Gasteiger partial charge in [0, 0.05) is 49.9 Å². The molecule has 1 aromatic carbocycles. The first-order chi connectivity index (χ1) is 15.6. The standard InChI is InChI=1S/C23H27N5O3S/c1-27-8-10-28(11-9-27)21-7-4-16(13-24-21)14-25-22(29)18-15-32-23(26-18)17-5-6-19(30-2)20(12-17)31-3/h4-7,12-13,15H,8-11,14H2,1-3H3,(H,25,29). The topological polar surface area (TPSA) is 79.8 Å². The molecule has 32 heavy (non-hydrogen) atoms. The minimum atomic E-state index is -0.212. The molecule has 9 heteroatoms. The second-order valence-corrected chi connectivity index (χ2v) is 8.46. The summed E-state index contributed by atoms with van der Waals surface area (Å²) in [4.78, 5) is 26.2. The molecular weight excluding hydrogens is 426 g/mol. The molecule has 3 aromatic rings. The second kappa shape index (κ2) is 9.97. The molecule has 1 saturated heterocycles. The van der Waals surface area contributed by atoms with Gasteiger partial charge in [0.2, 0.25) is 0 Å². The SMILES string of the molecule is COc1ccc(-c2nc(C(=O)NCc3ccc(N4CCN(C)CC4)nc3)cs2)cc1OC. The Hall–Kier alpha value is -3.17. The van der Waals surface area contributed by atoms with Gasteiger partial charge in [-0.05, 0) is 36.9 Å². The number of likely N-dealkylation sites (N-methyl/N-ethyl adjacent to an activating group) is 1. The number of carbonyl (C=O) groups is 1. The van der Waals surface area contributed by atoms with Crippen LogP contribution in [0.5, 0.6) is 11.5 Å². The maximum atomic E-state index is 12.6. The number of ether oxygens (including phenoxy) is 2. The average molecular weight is 454 g/mol. The minimum absolute atomic E-state index is 0.212. The van der Waals surface area contributed by atoms with E-state index in [9.17, 15) is 4.79 Å². The smallest absolute Gasteiger partial charge is 0.271 e. The van der Waals surface area contributed by atoms with Gasteiger partial charge in [0.1, 0.15) is 16.5 Å². The van der Waals surface area contributed by atoms with Crippen molar-refractivity contribution < 1.29 is 14.3 Å². The van der Waals surface area contributed by atoms with E-state index in [0.29, 0.717) is 23.7 Å². The predicted octanol–water partition coefficient (Wildman–Crippen LogP) is 2.90. The van der Waals surface area contributed by atoms with Gasteiger partial charge in [-0.1, -0.05) is 6.07 Å². The van der Waals surface area contributed by atoms with Gasteiger partial charge in [-0.2, -0.15) is 0 Å². The molecule has 1 aliphatic rings. The third-order valence-corrected chi connectivity index (χ3v) is 6.35. The van der Waals surface area contributed by atoms with Crippen molar-refractivity contribution in [3.63, 3.8) is 0 Å². The molecule has 0 unspecified atom stereocenters. The summed E-state index contributed by atoms with van der Waals surface area (Å²) in [7, 11) is 5.32. The molecule has 0 saturated carbocycles. The zero-order chi connectivity index (χ0) is 22.5. The number of thiazole rings is 1. The van der Waals surface area contributed by atoms with Crippen LogP contribution in [-0.2, 0) is 6.54 Å². The third-order valence-electron chi connectivity index (χ3n) is 5.46. The number of methoxy groups -OCH3 is 2. The maximum Gasteiger partial charge on any atom is 0.271 e. The van der Waals surface area contributed by atoms with E-state index in [4.69, 9.17) is 9.47 Å². The highest BCUT2D eigenvalue weighted by Gasteiger charge is 2.16. The van der Waals surface area contributed by atoms with E-state index in [2.05, 4.69) is 32.1 Å². The fourth-order valence-electron chi connectivity index (χ4n) is 3.50. The number of rotatable bonds is 7. The van der Waals surface area contributed by atoms with E-state index < -0.39 is 0 Å². The first kappa shape index (κ1) is 22.0. The second-order valence-electron chi connectivity index (χ2n) is 7.61. The van der Waals surface area contributed by atoms with E-state index >= 15 is 0 Å². The van der Waals surface area contributed by atoms with E-state index in [1.54, 1.807) is 19.6 Å². The van der Waals surface area contributed by atoms with Crippen molar-refractivity contribution in [3.8, 4) is 22.1 Å². The molecule has 8 nitrogen and oxygen atoms in total. The van der Waals surface area contributed by atoms with E-state index in [1.807, 2.05) is 36.5 Å². The summed E-state index contributed by atoms with van der Waals surface area (Å²) < 4.78 is 10.6. The Morgan fingerprint density at radius 2 is 1.88 bits per heavy atom. The first-order valence-electron chi connectivity index (χ1n) is 10.4. The highest BCUT2D eigenvalue weighted by molar-refractivity contribution is 7.13. The van der Waals surface area contributed by atoms with Gasteiger partial charge in [-0.15, -0.1) is 11.3 Å². The number of nitrogens with zero attached hydrogens (tertiary/aromatic N) is 4. The fraction of sp³-hybridized carbons (Fsp3) is 0.348. The Kier molecular flexibility index (Phi) is 6.87. The van der Waals surface area contributed by atoms with Crippen LogP contribution >= 0.6 is 11.3 Å². The number of nitrogens with one attached hydrogen (secondary N) is 1. The van der Waals surface area contributed by atoms with Crippen molar-refractivity contribution in [2.24, 2.45) is 0 Å². The molecule has 1 fully saturated rings. The molecule has 1 aliphatic heterocycles. The number of aromatic nitrogens is 2. The van der Waals surface area contributed by atoms with Gasteiger partial charge < -0.3 is 24.6 Å². The molecule has 1 amide bonds. The molecule has 168 valence electrons. The highest BCUT2D eigenvalue weighted by Crippen LogP contribution is 2.33. The summed E-state index contributed by atoms with van der Waals surface area (Å²) >= 11 is 1.41. The molecule has 0 bridgehead atoms. The number of hydrogen-bond donors (Lipinski definition) is 1. The number of pyridine rings is 1. The van der Waals surface area contributed by atoms with Crippen molar-refractivity contribution >= 4 is 23.1 Å². The Morgan fingerprint density at radius 3 is 2.56 bits per heavy atom. The van der Waals surface area contributed by atoms with Gasteiger partial charge in [0.05, 0.1) is 14.2 Å². The zero-order valence-electron chi connectivity index (χ0n) is 18.5. The summed E-state index contributed by atoms with van der Waals surface area (Å²) in [5.74, 6) is 2.04. The first-order valence-corrected chi connectivity index (χ1v) is 11.3. The van der Waals surface area contributed by atoms with Crippen LogP contribution in [0.15, 0.2) is 41.9 Å². The highest BCUT2D eigenvalue weighted by atomic mass is 32.1. The summed E-state index contributed by atoms with van der Waals surface area (Å²) in [6.07, 6.45) is 1.82. The van der Waals surface area contributed by atoms with Gasteiger partial charge in [0.25, 0.3) is 5.91 Å². The lowest BCUT2D eigenvalue weighted by Crippen LogP contribution is -2.44. The summed E-state index contributed by atoms with van der Waals surface area (Å²) in [6.45, 7) is 4.44. The number of benzene rings is 1. The number of piperazine rings is 1. The molecule has 0 atom stereocenters. The number of hydrogen-bond acceptors (Lipinski definition) is 8. The van der Waals surface area contributed by atoms with Crippen LogP contribution in [0.2, 0.25) is 0 Å². The summed E-state index contributed by atoms with van der Waals surface area (Å²) in [6, 6.07) is 9.61. The molecular formula is C23H27N5O3S. The molecule has 0 radical (unpaired) electrons. The van der Waals surface area contributed by atoms with Crippen LogP contribution in [0.3, 0.4) is 0 Å². The van der Waals surface area contributed by atoms with Gasteiger partial charge in [-0.3, -0.25) is 4.79 Å². The monoisotopic (exact) mass is 453 g/mol. The van der Waals surface area contributed by atoms with Crippen molar-refractivity contribution in [1.29, 1.82) is 0 Å². The van der Waals surface area contributed by atoms with Gasteiger partial charge in [0.15, 0.2) is 11.5 Å². The lowest BCUT2D eigenvalue weighted by atomic mass is 10.2. The van der Waals surface area contributed by atoms with Crippen LogP contribution in [0.25, 0.3) is 10.6 Å². The Balaban J connectivity index is 1.35. The lowest BCUT2D eigenvalue weighted by Gasteiger charge is -2.33. The Labute approximate surface area is 191 Å². The van der Waals surface area contributed by atoms with Crippen LogP contribution in [0.1, 0.15) is 16.1 Å². The van der Waals surface area contributed by atoms with Gasteiger partial charge >= 0.3 is 0 Å². The van der Waals surface area contributed by atoms with Crippen LogP contribution < -0.4 is 19.7 Å². The predicted molar refractivity (Wildman–Crippen MR) is 126 cm³/mol. The van der Waals surface area contributed by atoms with Crippen molar-refractivity contribution in [1.82, 2.24) is 20.2 Å². The van der Waals surface area contributed by atoms with E-state index in [1.165, 1.54) is 11.3 Å². The quantitative estimate of drug-likeness (QED) is 0.589. The minimum Gasteiger partial charge on any atom is -0.493 e. The fourth-order valence-corrected chi connectivity index (χ4v) is 4.29.